The Morgan fingerprint density at radius 3 is 1.95 bits per heavy atom. The Bertz CT molecular complexity index is 1220. The summed E-state index contributed by atoms with van der Waals surface area (Å²) in [5.74, 6) is -3.74. The van der Waals surface area contributed by atoms with Gasteiger partial charge in [0.2, 0.25) is 16.3 Å². The molecule has 0 aromatic heterocycles. The monoisotopic (exact) mass is 618 g/mol. The lowest BCUT2D eigenvalue weighted by atomic mass is 9.73. The van der Waals surface area contributed by atoms with E-state index in [2.05, 4.69) is 0 Å². The molecule has 2 aromatic rings. The van der Waals surface area contributed by atoms with Crippen LogP contribution < -0.4 is 0 Å². The van der Waals surface area contributed by atoms with Gasteiger partial charge in [-0.25, -0.2) is 4.79 Å². The van der Waals surface area contributed by atoms with Crippen molar-refractivity contribution in [1.29, 1.82) is 0 Å². The van der Waals surface area contributed by atoms with Gasteiger partial charge in [0.1, 0.15) is 18.3 Å². The third-order valence-corrected chi connectivity index (χ3v) is 7.97. The normalized spacial score (nSPS) is 27.5. The van der Waals surface area contributed by atoms with Crippen LogP contribution in [-0.2, 0) is 56.0 Å². The highest BCUT2D eigenvalue weighted by Gasteiger charge is 2.77. The molecule has 0 bridgehead atoms. The fourth-order valence-electron chi connectivity index (χ4n) is 5.61. The Balaban J connectivity index is 1.73. The van der Waals surface area contributed by atoms with Gasteiger partial charge in [-0.2, -0.15) is 0 Å². The summed E-state index contributed by atoms with van der Waals surface area (Å²) in [6.07, 6.45) is -2.11. The van der Waals surface area contributed by atoms with Gasteiger partial charge in [-0.05, 0) is 52.0 Å². The minimum absolute atomic E-state index is 0.0618. The van der Waals surface area contributed by atoms with Gasteiger partial charge in [-0.1, -0.05) is 72.4 Å². The van der Waals surface area contributed by atoms with Crippen LogP contribution in [0.15, 0.2) is 60.7 Å². The van der Waals surface area contributed by atoms with Gasteiger partial charge in [0.05, 0.1) is 33.0 Å². The molecule has 4 rings (SSSR count). The van der Waals surface area contributed by atoms with Gasteiger partial charge in [0, 0.05) is 0 Å². The Kier molecular flexibility index (Phi) is 10.7. The lowest BCUT2D eigenvalue weighted by Crippen LogP contribution is -2.75. The number of aliphatic hydroxyl groups is 1. The van der Waals surface area contributed by atoms with Gasteiger partial charge in [-0.3, -0.25) is 4.79 Å². The summed E-state index contributed by atoms with van der Waals surface area (Å²) in [5.41, 5.74) is -3.21. The van der Waals surface area contributed by atoms with Crippen molar-refractivity contribution in [3.8, 4) is 0 Å². The molecule has 0 aliphatic carbocycles. The topological polar surface area (TPSA) is 119 Å². The number of benzene rings is 2. The van der Waals surface area contributed by atoms with Crippen LogP contribution in [0, 0.1) is 0 Å². The van der Waals surface area contributed by atoms with Crippen molar-refractivity contribution in [3.63, 3.8) is 0 Å². The summed E-state index contributed by atoms with van der Waals surface area (Å²) in [4.78, 5) is 28.0. The SMILES string of the molecule is CCOC(=O)[C@](O)([C@@H]1OC(C)(C)O[C@H]1COCc1ccccc1)[C@@]1(C(=O)SC)OC(C)(C)O[C@@H]1COCc1ccccc1. The summed E-state index contributed by atoms with van der Waals surface area (Å²) in [5, 5.41) is 12.1. The predicted octanol–water partition coefficient (Wildman–Crippen LogP) is 4.01. The van der Waals surface area contributed by atoms with Crippen LogP contribution in [0.2, 0.25) is 0 Å². The Morgan fingerprint density at radius 2 is 1.42 bits per heavy atom. The van der Waals surface area contributed by atoms with Crippen molar-refractivity contribution in [3.05, 3.63) is 71.8 Å². The number of carbonyl (C=O) groups excluding carboxylic acids is 2. The highest BCUT2D eigenvalue weighted by molar-refractivity contribution is 8.13. The summed E-state index contributed by atoms with van der Waals surface area (Å²) < 4.78 is 42.3. The fourth-order valence-corrected chi connectivity index (χ4v) is 6.25. The van der Waals surface area contributed by atoms with Crippen molar-refractivity contribution >= 4 is 22.8 Å². The average molecular weight is 619 g/mol. The van der Waals surface area contributed by atoms with E-state index in [4.69, 9.17) is 33.2 Å². The maximum absolute atomic E-state index is 14.1. The van der Waals surface area contributed by atoms with E-state index in [0.29, 0.717) is 0 Å². The maximum atomic E-state index is 14.1. The van der Waals surface area contributed by atoms with Crippen LogP contribution in [-0.4, -0.2) is 83.4 Å². The number of esters is 1. The van der Waals surface area contributed by atoms with Crippen molar-refractivity contribution in [2.45, 2.75) is 88.9 Å². The molecule has 2 saturated heterocycles. The molecule has 2 heterocycles. The minimum atomic E-state index is -2.73. The molecule has 236 valence electrons. The van der Waals surface area contributed by atoms with Gasteiger partial charge < -0.3 is 38.3 Å². The number of hydrogen-bond donors (Lipinski definition) is 1. The molecule has 11 heteroatoms. The molecule has 0 radical (unpaired) electrons. The van der Waals surface area contributed by atoms with Crippen molar-refractivity contribution < 1.29 is 47.9 Å². The molecule has 2 aromatic carbocycles. The largest absolute Gasteiger partial charge is 0.464 e. The zero-order valence-electron chi connectivity index (χ0n) is 25.6. The number of hydrogen-bond acceptors (Lipinski definition) is 11. The quantitative estimate of drug-likeness (QED) is 0.328. The van der Waals surface area contributed by atoms with Crippen LogP contribution >= 0.6 is 11.8 Å². The molecule has 0 amide bonds. The average Bonchev–Trinajstić information content (AvgIpc) is 3.45. The van der Waals surface area contributed by atoms with Gasteiger partial charge in [0.15, 0.2) is 11.6 Å². The smallest absolute Gasteiger partial charge is 0.344 e. The third kappa shape index (κ3) is 7.15. The maximum Gasteiger partial charge on any atom is 0.344 e. The molecule has 5 atom stereocenters. The van der Waals surface area contributed by atoms with Crippen LogP contribution in [0.4, 0.5) is 0 Å². The number of carbonyl (C=O) groups is 2. The minimum Gasteiger partial charge on any atom is -0.464 e. The van der Waals surface area contributed by atoms with Crippen LogP contribution in [0.1, 0.15) is 45.7 Å². The molecule has 2 aliphatic heterocycles. The fraction of sp³-hybridized carbons (Fsp3) is 0.562. The van der Waals surface area contributed by atoms with E-state index < -0.39 is 52.2 Å². The van der Waals surface area contributed by atoms with E-state index in [1.54, 1.807) is 40.9 Å². The number of thioether (sulfide) groups is 1. The predicted molar refractivity (Wildman–Crippen MR) is 159 cm³/mol. The third-order valence-electron chi connectivity index (χ3n) is 7.30. The molecule has 43 heavy (non-hydrogen) atoms. The zero-order chi connectivity index (χ0) is 31.3. The number of ether oxygens (including phenoxy) is 7. The Hall–Kier alpha value is -2.35. The molecular formula is C32H42O10S. The van der Waals surface area contributed by atoms with Crippen LogP contribution in [0.25, 0.3) is 0 Å². The molecule has 2 aliphatic rings. The summed E-state index contributed by atoms with van der Waals surface area (Å²) in [6.45, 7) is 8.27. The first-order valence-electron chi connectivity index (χ1n) is 14.3. The molecular weight excluding hydrogens is 576 g/mol. The van der Waals surface area contributed by atoms with E-state index in [1.165, 1.54) is 0 Å². The van der Waals surface area contributed by atoms with E-state index >= 15 is 0 Å². The second-order valence-electron chi connectivity index (χ2n) is 11.4. The van der Waals surface area contributed by atoms with Crippen molar-refractivity contribution in [2.24, 2.45) is 0 Å². The van der Waals surface area contributed by atoms with E-state index in [9.17, 15) is 14.7 Å². The van der Waals surface area contributed by atoms with E-state index in [-0.39, 0.29) is 33.0 Å². The highest BCUT2D eigenvalue weighted by atomic mass is 32.2. The first-order chi connectivity index (χ1) is 20.4. The van der Waals surface area contributed by atoms with Crippen LogP contribution in [0.3, 0.4) is 0 Å². The molecule has 1 N–H and O–H groups in total. The highest BCUT2D eigenvalue weighted by Crippen LogP contribution is 2.51. The summed E-state index contributed by atoms with van der Waals surface area (Å²) >= 11 is 0.798. The van der Waals surface area contributed by atoms with Crippen LogP contribution in [0.5, 0.6) is 0 Å². The van der Waals surface area contributed by atoms with Gasteiger partial charge in [0.25, 0.3) is 0 Å². The Morgan fingerprint density at radius 1 is 0.860 bits per heavy atom. The first-order valence-corrected chi connectivity index (χ1v) is 15.6. The lowest BCUT2D eigenvalue weighted by molar-refractivity contribution is -0.250. The molecule has 0 saturated carbocycles. The Labute approximate surface area is 257 Å². The second kappa shape index (κ2) is 13.7. The molecule has 0 spiro atoms. The molecule has 2 fully saturated rings. The van der Waals surface area contributed by atoms with Gasteiger partial charge >= 0.3 is 5.97 Å². The standard InChI is InChI=1S/C32H42O10S/c1-7-38-27(33)31(35,26-24(39-29(2,3)41-26)20-36-18-22-14-10-8-11-15-22)32(28(34)43-6)25(40-30(4,5)42-32)21-37-19-23-16-12-9-13-17-23/h8-17,24-26,35H,7,18-21H2,1-6H3/t24-,25+,26+,31+,32+/m0/s1. The zero-order valence-corrected chi connectivity index (χ0v) is 26.4. The summed E-state index contributed by atoms with van der Waals surface area (Å²) in [7, 11) is 0. The number of rotatable bonds is 13. The van der Waals surface area contributed by atoms with Gasteiger partial charge in [-0.15, -0.1) is 0 Å². The van der Waals surface area contributed by atoms with E-state index in [0.717, 1.165) is 22.9 Å². The van der Waals surface area contributed by atoms with Crippen molar-refractivity contribution in [1.82, 2.24) is 0 Å². The molecule has 0 unspecified atom stereocenters. The second-order valence-corrected chi connectivity index (χ2v) is 12.2. The molecule has 10 nitrogen and oxygen atoms in total. The first kappa shape index (κ1) is 33.5. The summed E-state index contributed by atoms with van der Waals surface area (Å²) in [6, 6.07) is 19.0. The van der Waals surface area contributed by atoms with E-state index in [1.807, 2.05) is 60.7 Å². The lowest BCUT2D eigenvalue weighted by Gasteiger charge is -2.45. The van der Waals surface area contributed by atoms with Crippen molar-refractivity contribution in [2.75, 3.05) is 26.1 Å².